The molecular weight excluding hydrogens is 789 g/mol. The van der Waals surface area contributed by atoms with Crippen molar-refractivity contribution >= 4 is 43.3 Å². The van der Waals surface area contributed by atoms with E-state index in [-0.39, 0.29) is 21.6 Å². The van der Waals surface area contributed by atoms with Gasteiger partial charge in [0.1, 0.15) is 5.82 Å². The minimum atomic E-state index is -5.89. The largest absolute Gasteiger partial charge is 0.478 e. The number of anilines is 2. The lowest BCUT2D eigenvalue weighted by atomic mass is 9.84. The van der Waals surface area contributed by atoms with E-state index in [0.717, 1.165) is 72.5 Å². The van der Waals surface area contributed by atoms with Crippen LogP contribution in [0.4, 0.5) is 37.7 Å². The molecule has 0 radical (unpaired) electrons. The maximum absolute atomic E-state index is 15.1. The standard InChI is InChI=1S/C38H37F6N3O7S2/c1-38(2,3)26-15-21(14-25(16-26)22-10-11-22)18-47(28-13-12-23(37(49)50)17-29(28)45(4)55(5,51)52)30(48)20-46(19-24-8-6-7-9-27(24)39)56(53,54)36-34(43)32(41)31(40)33(42)35(36)44/h6-9,12-17,22H,10-11,18-20H2,1-5H3,(H,49,50). The van der Waals surface area contributed by atoms with Crippen LogP contribution in [0.1, 0.15) is 72.1 Å². The predicted molar refractivity (Wildman–Crippen MR) is 195 cm³/mol. The number of sulfonamides is 2. The predicted octanol–water partition coefficient (Wildman–Crippen LogP) is 7.21. The normalized spacial score (nSPS) is 13.6. The van der Waals surface area contributed by atoms with Crippen LogP contribution in [0.15, 0.2) is 65.6 Å². The lowest BCUT2D eigenvalue weighted by molar-refractivity contribution is -0.119. The quantitative estimate of drug-likeness (QED) is 0.0856. The van der Waals surface area contributed by atoms with E-state index in [1.165, 1.54) is 12.1 Å². The molecule has 10 nitrogen and oxygen atoms in total. The molecule has 1 N–H and O–H groups in total. The van der Waals surface area contributed by atoms with Crippen molar-refractivity contribution < 1.29 is 57.9 Å². The molecule has 1 aliphatic carbocycles. The molecule has 1 fully saturated rings. The monoisotopic (exact) mass is 825 g/mol. The molecule has 300 valence electrons. The molecule has 18 heteroatoms. The molecule has 1 saturated carbocycles. The van der Waals surface area contributed by atoms with Crippen LogP contribution < -0.4 is 9.21 Å². The average molecular weight is 826 g/mol. The van der Waals surface area contributed by atoms with Crippen molar-refractivity contribution in [2.75, 3.05) is 29.1 Å². The first-order valence-corrected chi connectivity index (χ1v) is 20.2. The molecule has 0 bridgehead atoms. The fourth-order valence-electron chi connectivity index (χ4n) is 5.92. The minimum absolute atomic E-state index is 0.0335. The maximum atomic E-state index is 15.1. The molecule has 56 heavy (non-hydrogen) atoms. The maximum Gasteiger partial charge on any atom is 0.335 e. The molecule has 0 unspecified atom stereocenters. The van der Waals surface area contributed by atoms with Gasteiger partial charge in [-0.15, -0.1) is 0 Å². The molecule has 0 aliphatic heterocycles. The number of carbonyl (C=O) groups excluding carboxylic acids is 1. The summed E-state index contributed by atoms with van der Waals surface area (Å²) in [4.78, 5) is 25.3. The Hall–Kier alpha value is -4.94. The number of carboxylic acid groups (broad SMARTS) is 1. The Kier molecular flexibility index (Phi) is 11.7. The van der Waals surface area contributed by atoms with Gasteiger partial charge in [-0.05, 0) is 65.1 Å². The zero-order valence-electron chi connectivity index (χ0n) is 30.7. The molecule has 0 heterocycles. The average Bonchev–Trinajstić information content (AvgIpc) is 3.97. The number of benzene rings is 4. The summed E-state index contributed by atoms with van der Waals surface area (Å²) in [5.74, 6) is -16.8. The number of hydrogen-bond donors (Lipinski definition) is 1. The van der Waals surface area contributed by atoms with E-state index in [4.69, 9.17) is 0 Å². The Morgan fingerprint density at radius 2 is 1.38 bits per heavy atom. The molecule has 4 aromatic carbocycles. The van der Waals surface area contributed by atoms with Gasteiger partial charge in [-0.1, -0.05) is 57.2 Å². The number of aromatic carboxylic acids is 1. The van der Waals surface area contributed by atoms with E-state index in [1.54, 1.807) is 12.1 Å². The fourth-order valence-corrected chi connectivity index (χ4v) is 7.90. The summed E-state index contributed by atoms with van der Waals surface area (Å²) in [6.45, 7) is 2.84. The van der Waals surface area contributed by atoms with Gasteiger partial charge in [0.15, 0.2) is 28.2 Å². The van der Waals surface area contributed by atoms with E-state index in [0.29, 0.717) is 9.87 Å². The first kappa shape index (κ1) is 42.2. The highest BCUT2D eigenvalue weighted by Gasteiger charge is 2.39. The van der Waals surface area contributed by atoms with Crippen LogP contribution >= 0.6 is 0 Å². The van der Waals surface area contributed by atoms with Crippen LogP contribution in [-0.4, -0.2) is 58.0 Å². The van der Waals surface area contributed by atoms with Gasteiger partial charge in [-0.25, -0.2) is 48.0 Å². The number of hydrogen-bond acceptors (Lipinski definition) is 6. The summed E-state index contributed by atoms with van der Waals surface area (Å²) in [5, 5.41) is 9.75. The van der Waals surface area contributed by atoms with E-state index >= 15 is 8.78 Å². The Morgan fingerprint density at radius 1 is 0.786 bits per heavy atom. The molecule has 5 rings (SSSR count). The number of carboxylic acids is 1. The second-order valence-electron chi connectivity index (χ2n) is 14.5. The van der Waals surface area contributed by atoms with Crippen LogP contribution in [0.5, 0.6) is 0 Å². The number of amides is 1. The molecule has 0 saturated heterocycles. The molecule has 4 aromatic rings. The molecule has 1 amide bonds. The molecule has 0 atom stereocenters. The fraction of sp³-hybridized carbons (Fsp3) is 0.316. The third kappa shape index (κ3) is 8.71. The molecule has 0 aromatic heterocycles. The lowest BCUT2D eigenvalue weighted by Gasteiger charge is -2.31. The van der Waals surface area contributed by atoms with Crippen molar-refractivity contribution in [3.05, 3.63) is 123 Å². The van der Waals surface area contributed by atoms with E-state index in [9.17, 15) is 49.1 Å². The lowest BCUT2D eigenvalue weighted by Crippen LogP contribution is -2.44. The van der Waals surface area contributed by atoms with Gasteiger partial charge >= 0.3 is 5.97 Å². The van der Waals surface area contributed by atoms with Gasteiger partial charge < -0.3 is 10.0 Å². The highest BCUT2D eigenvalue weighted by molar-refractivity contribution is 7.92. The third-order valence-corrected chi connectivity index (χ3v) is 12.3. The van der Waals surface area contributed by atoms with Crippen molar-refractivity contribution in [2.24, 2.45) is 0 Å². The first-order chi connectivity index (χ1) is 25.9. The highest BCUT2D eigenvalue weighted by atomic mass is 32.2. The van der Waals surface area contributed by atoms with E-state index in [2.05, 4.69) is 0 Å². The number of halogens is 6. The Morgan fingerprint density at radius 3 is 1.91 bits per heavy atom. The van der Waals surface area contributed by atoms with Crippen LogP contribution in [0.3, 0.4) is 0 Å². The Balaban J connectivity index is 1.74. The second-order valence-corrected chi connectivity index (χ2v) is 18.4. The number of rotatable bonds is 13. The summed E-state index contributed by atoms with van der Waals surface area (Å²) >= 11 is 0. The van der Waals surface area contributed by atoms with Gasteiger partial charge in [0.2, 0.25) is 31.8 Å². The Labute approximate surface area is 320 Å². The highest BCUT2D eigenvalue weighted by Crippen LogP contribution is 2.42. The third-order valence-electron chi connectivity index (χ3n) is 9.31. The SMILES string of the molecule is CN(c1cc(C(=O)O)ccc1N(Cc1cc(C2CC2)cc(C(C)(C)C)c1)C(=O)CN(Cc1ccccc1F)S(=O)(=O)c1c(F)c(F)c(F)c(F)c1F)S(C)(=O)=O. The molecule has 0 spiro atoms. The van der Waals surface area contributed by atoms with Gasteiger partial charge in [0.05, 0.1) is 36.3 Å². The summed E-state index contributed by atoms with van der Waals surface area (Å²) < 4.78 is 142. The smallest absolute Gasteiger partial charge is 0.335 e. The van der Waals surface area contributed by atoms with Crippen LogP contribution in [0.2, 0.25) is 0 Å². The van der Waals surface area contributed by atoms with Gasteiger partial charge in [-0.3, -0.25) is 9.10 Å². The van der Waals surface area contributed by atoms with Crippen LogP contribution in [0, 0.1) is 34.9 Å². The Bertz CT molecular complexity index is 2430. The van der Waals surface area contributed by atoms with Crippen LogP contribution in [-0.2, 0) is 43.3 Å². The summed E-state index contributed by atoms with van der Waals surface area (Å²) in [7, 11) is -8.98. The van der Waals surface area contributed by atoms with E-state index < -0.39 is 108 Å². The minimum Gasteiger partial charge on any atom is -0.478 e. The summed E-state index contributed by atoms with van der Waals surface area (Å²) in [5.41, 5.74) is 0.351. The summed E-state index contributed by atoms with van der Waals surface area (Å²) in [6, 6.07) is 13.2. The van der Waals surface area contributed by atoms with Crippen molar-refractivity contribution in [3.8, 4) is 0 Å². The van der Waals surface area contributed by atoms with Crippen molar-refractivity contribution in [2.45, 2.75) is 62.9 Å². The first-order valence-electron chi connectivity index (χ1n) is 16.9. The molecule has 1 aliphatic rings. The van der Waals surface area contributed by atoms with Gasteiger partial charge in [-0.2, -0.15) is 4.31 Å². The number of carbonyl (C=O) groups is 2. The second kappa shape index (κ2) is 15.5. The van der Waals surface area contributed by atoms with Gasteiger partial charge in [0, 0.05) is 19.2 Å². The van der Waals surface area contributed by atoms with Crippen LogP contribution in [0.25, 0.3) is 0 Å². The molecular formula is C38H37F6N3O7S2. The topological polar surface area (TPSA) is 132 Å². The summed E-state index contributed by atoms with van der Waals surface area (Å²) in [6.07, 6.45) is 2.57. The van der Waals surface area contributed by atoms with Crippen molar-refractivity contribution in [1.29, 1.82) is 0 Å². The van der Waals surface area contributed by atoms with Crippen molar-refractivity contribution in [1.82, 2.24) is 4.31 Å². The van der Waals surface area contributed by atoms with E-state index in [1.807, 2.05) is 26.8 Å². The zero-order valence-corrected chi connectivity index (χ0v) is 32.3. The van der Waals surface area contributed by atoms with Gasteiger partial charge in [0.25, 0.3) is 0 Å². The zero-order chi connectivity index (χ0) is 41.7. The van der Waals surface area contributed by atoms with Crippen molar-refractivity contribution in [3.63, 3.8) is 0 Å². The number of nitrogens with zero attached hydrogens (tertiary/aromatic N) is 3.